The summed E-state index contributed by atoms with van der Waals surface area (Å²) < 4.78 is 65.7. The smallest absolute Gasteiger partial charge is 0.339 e. The maximum absolute atomic E-state index is 15.0. The molecule has 2 unspecified atom stereocenters. The lowest BCUT2D eigenvalue weighted by atomic mass is 10.1. The predicted molar refractivity (Wildman–Crippen MR) is 123 cm³/mol. The summed E-state index contributed by atoms with van der Waals surface area (Å²) in [6, 6.07) is 7.28. The minimum Gasteiger partial charge on any atom is -0.461 e. The Kier molecular flexibility index (Phi) is 9.17. The zero-order valence-corrected chi connectivity index (χ0v) is 20.5. The molecular weight excluding hydrogens is 454 g/mol. The third-order valence-corrected chi connectivity index (χ3v) is 6.74. The molecule has 0 bridgehead atoms. The van der Waals surface area contributed by atoms with E-state index in [0.717, 1.165) is 0 Å². The first-order chi connectivity index (χ1) is 15.5. The molecule has 2 atom stereocenters. The molecule has 180 valence electrons. The molecule has 0 N–H and O–H groups in total. The van der Waals surface area contributed by atoms with Gasteiger partial charge in [-0.05, 0) is 64.3 Å². The average Bonchev–Trinajstić information content (AvgIpc) is 2.78. The quantitative estimate of drug-likeness (QED) is 0.211. The van der Waals surface area contributed by atoms with E-state index in [9.17, 15) is 13.6 Å². The van der Waals surface area contributed by atoms with Gasteiger partial charge < -0.3 is 13.8 Å². The van der Waals surface area contributed by atoms with E-state index in [4.69, 9.17) is 13.8 Å². The van der Waals surface area contributed by atoms with Crippen molar-refractivity contribution >= 4 is 13.5 Å². The Hall–Kier alpha value is -2.73. The molecule has 0 fully saturated rings. The highest BCUT2D eigenvalue weighted by molar-refractivity contribution is 7.60. The predicted octanol–water partition coefficient (Wildman–Crippen LogP) is 7.47. The van der Waals surface area contributed by atoms with Gasteiger partial charge >= 0.3 is 13.5 Å². The highest BCUT2D eigenvalue weighted by Gasteiger charge is 2.32. The average molecular weight is 483 g/mol. The number of carbonyl (C=O) groups is 1. The lowest BCUT2D eigenvalue weighted by Gasteiger charge is -2.25. The van der Waals surface area contributed by atoms with Gasteiger partial charge in [-0.15, -0.1) is 0 Å². The summed E-state index contributed by atoms with van der Waals surface area (Å²) in [7, 11) is -3.72. The molecule has 9 heteroatoms. The van der Waals surface area contributed by atoms with Crippen LogP contribution >= 0.6 is 7.51 Å². The Labute approximate surface area is 192 Å². The Morgan fingerprint density at radius 3 is 2.18 bits per heavy atom. The van der Waals surface area contributed by atoms with Crippen LogP contribution in [0.1, 0.15) is 45.2 Å². The first-order valence-electron chi connectivity index (χ1n) is 10.6. The van der Waals surface area contributed by atoms with Crippen molar-refractivity contribution in [2.45, 2.75) is 60.1 Å². The van der Waals surface area contributed by atoms with Crippen LogP contribution in [0.2, 0.25) is 0 Å². The number of halogens is 3. The maximum atomic E-state index is 15.0. The number of allylic oxidation sites excluding steroid dienone is 1. The van der Waals surface area contributed by atoms with E-state index < -0.39 is 48.8 Å². The van der Waals surface area contributed by atoms with Crippen LogP contribution < -0.4 is 9.05 Å². The van der Waals surface area contributed by atoms with Crippen molar-refractivity contribution in [1.82, 2.24) is 0 Å². The van der Waals surface area contributed by atoms with E-state index in [1.54, 1.807) is 50.3 Å². The number of benzene rings is 2. The van der Waals surface area contributed by atoms with Crippen LogP contribution in [0.3, 0.4) is 0 Å². The van der Waals surface area contributed by atoms with Crippen LogP contribution in [-0.2, 0) is 9.53 Å². The number of ether oxygens (including phenoxy) is 1. The molecule has 0 heterocycles. The summed E-state index contributed by atoms with van der Waals surface area (Å²) in [5.74, 6) is -3.66. The SMILES string of the molecule is CC/C=C\P(=NC(C)C(=O)OC(C)C)(Oc1ccccc1)Oc1c(F)c(C)c(C)c(F)c1F. The largest absolute Gasteiger partial charge is 0.461 e. The molecule has 0 amide bonds. The normalized spacial score (nSPS) is 14.1. The first kappa shape index (κ1) is 26.5. The van der Waals surface area contributed by atoms with Crippen molar-refractivity contribution in [3.63, 3.8) is 0 Å². The number of carbonyl (C=O) groups excluding carboxylic acids is 1. The molecule has 0 aliphatic carbocycles. The van der Waals surface area contributed by atoms with Gasteiger partial charge in [-0.1, -0.05) is 31.2 Å². The molecular formula is C24H29F3NO4P. The van der Waals surface area contributed by atoms with E-state index >= 15 is 4.39 Å². The zero-order valence-electron chi connectivity index (χ0n) is 19.6. The molecule has 2 rings (SSSR count). The number of hydrogen-bond acceptors (Lipinski definition) is 5. The molecule has 33 heavy (non-hydrogen) atoms. The molecule has 0 aliphatic rings. The van der Waals surface area contributed by atoms with Gasteiger partial charge in [0, 0.05) is 5.82 Å². The summed E-state index contributed by atoms with van der Waals surface area (Å²) in [6.07, 6.45) is 1.78. The molecule has 2 aromatic rings. The Balaban J connectivity index is 2.73. The number of esters is 1. The number of hydrogen-bond donors (Lipinski definition) is 0. The monoisotopic (exact) mass is 483 g/mol. The molecule has 0 aromatic heterocycles. The van der Waals surface area contributed by atoms with Crippen LogP contribution in [0.4, 0.5) is 13.2 Å². The lowest BCUT2D eigenvalue weighted by molar-refractivity contribution is -0.148. The highest BCUT2D eigenvalue weighted by atomic mass is 31.2. The number of para-hydroxylation sites is 1. The van der Waals surface area contributed by atoms with Crippen molar-refractivity contribution < 1.29 is 31.8 Å². The molecule has 0 aliphatic heterocycles. The van der Waals surface area contributed by atoms with Gasteiger partial charge in [-0.2, -0.15) is 4.39 Å². The number of nitrogens with zero attached hydrogens (tertiary/aromatic N) is 1. The fourth-order valence-electron chi connectivity index (χ4n) is 2.73. The van der Waals surface area contributed by atoms with Crippen molar-refractivity contribution in [1.29, 1.82) is 0 Å². The summed E-state index contributed by atoms with van der Waals surface area (Å²) in [5.41, 5.74) is -0.270. The Bertz CT molecular complexity index is 1040. The van der Waals surface area contributed by atoms with Gasteiger partial charge in [-0.25, -0.2) is 18.3 Å². The lowest BCUT2D eigenvalue weighted by Crippen LogP contribution is -2.22. The highest BCUT2D eigenvalue weighted by Crippen LogP contribution is 2.55. The van der Waals surface area contributed by atoms with Crippen LogP contribution in [0, 0.1) is 31.3 Å². The van der Waals surface area contributed by atoms with E-state index in [1.165, 1.54) is 26.6 Å². The first-order valence-corrected chi connectivity index (χ1v) is 12.2. The van der Waals surface area contributed by atoms with E-state index in [1.807, 2.05) is 6.92 Å². The summed E-state index contributed by atoms with van der Waals surface area (Å²) in [5, 5.41) is 0. The second kappa shape index (κ2) is 11.4. The second-order valence-electron chi connectivity index (χ2n) is 7.65. The van der Waals surface area contributed by atoms with Crippen LogP contribution in [-0.4, -0.2) is 18.1 Å². The van der Waals surface area contributed by atoms with E-state index in [0.29, 0.717) is 12.2 Å². The van der Waals surface area contributed by atoms with Gasteiger partial charge in [0.1, 0.15) is 11.8 Å². The molecule has 0 saturated carbocycles. The summed E-state index contributed by atoms with van der Waals surface area (Å²) in [4.78, 5) is 12.5. The van der Waals surface area contributed by atoms with Crippen molar-refractivity contribution in [2.75, 3.05) is 0 Å². The standard InChI is InChI=1S/C24H29F3NO4P/c1-7-8-14-33(31-19-12-10-9-11-13-19,28-18(6)24(29)30-15(2)3)32-23-21(26)17(5)16(4)20(25)22(23)27/h8-15,18H,7H2,1-6H3/b14-8-. The maximum Gasteiger partial charge on any atom is 0.339 e. The second-order valence-corrected chi connectivity index (χ2v) is 9.67. The van der Waals surface area contributed by atoms with Gasteiger partial charge in [0.25, 0.3) is 0 Å². The summed E-state index contributed by atoms with van der Waals surface area (Å²) in [6.45, 7) is 9.26. The Morgan fingerprint density at radius 2 is 1.61 bits per heavy atom. The van der Waals surface area contributed by atoms with Crippen LogP contribution in [0.15, 0.2) is 47.0 Å². The van der Waals surface area contributed by atoms with Gasteiger partial charge in [-0.3, -0.25) is 0 Å². The summed E-state index contributed by atoms with van der Waals surface area (Å²) >= 11 is 0. The molecule has 5 nitrogen and oxygen atoms in total. The minimum atomic E-state index is -3.72. The number of rotatable bonds is 9. The fraction of sp³-hybridized carbons (Fsp3) is 0.375. The third-order valence-electron chi connectivity index (χ3n) is 4.57. The van der Waals surface area contributed by atoms with Gasteiger partial charge in [0.15, 0.2) is 11.6 Å². The zero-order chi connectivity index (χ0) is 24.8. The van der Waals surface area contributed by atoms with E-state index in [2.05, 4.69) is 4.74 Å². The van der Waals surface area contributed by atoms with E-state index in [-0.39, 0.29) is 11.1 Å². The van der Waals surface area contributed by atoms with Crippen LogP contribution in [0.25, 0.3) is 0 Å². The fourth-order valence-corrected chi connectivity index (χ4v) is 4.96. The van der Waals surface area contributed by atoms with Crippen molar-refractivity contribution in [3.8, 4) is 11.5 Å². The molecule has 0 radical (unpaired) electrons. The molecule has 2 aromatic carbocycles. The van der Waals surface area contributed by atoms with Crippen molar-refractivity contribution in [3.05, 3.63) is 70.8 Å². The molecule has 0 saturated heterocycles. The molecule has 0 spiro atoms. The van der Waals surface area contributed by atoms with Gasteiger partial charge in [0.2, 0.25) is 11.6 Å². The van der Waals surface area contributed by atoms with Crippen molar-refractivity contribution in [2.24, 2.45) is 4.74 Å². The topological polar surface area (TPSA) is 57.1 Å². The third kappa shape index (κ3) is 6.64. The van der Waals surface area contributed by atoms with Gasteiger partial charge in [0.05, 0.1) is 6.10 Å². The minimum absolute atomic E-state index is 0.103. The Morgan fingerprint density at radius 1 is 1.00 bits per heavy atom. The van der Waals surface area contributed by atoms with Crippen LogP contribution in [0.5, 0.6) is 11.5 Å².